The van der Waals surface area contributed by atoms with Crippen LogP contribution in [0.1, 0.15) is 22.8 Å². The van der Waals surface area contributed by atoms with Gasteiger partial charge in [0, 0.05) is 18.0 Å². The first-order chi connectivity index (χ1) is 12.7. The number of allylic oxidation sites excluding steroid dienone is 3. The lowest BCUT2D eigenvalue weighted by molar-refractivity contribution is 0.0601. The molecule has 0 amide bonds. The number of esters is 1. The quantitative estimate of drug-likeness (QED) is 0.391. The highest BCUT2D eigenvalue weighted by atomic mass is 16.5. The van der Waals surface area contributed by atoms with E-state index in [1.165, 1.54) is 7.11 Å². The predicted octanol–water partition coefficient (Wildman–Crippen LogP) is 4.41. The molecule has 0 fully saturated rings. The van der Waals surface area contributed by atoms with Crippen molar-refractivity contribution in [3.05, 3.63) is 78.3 Å². The summed E-state index contributed by atoms with van der Waals surface area (Å²) in [5, 5.41) is 0. The van der Waals surface area contributed by atoms with Crippen molar-refractivity contribution in [2.24, 2.45) is 4.99 Å². The fourth-order valence-corrected chi connectivity index (χ4v) is 2.75. The Kier molecular flexibility index (Phi) is 5.08. The van der Waals surface area contributed by atoms with Crippen molar-refractivity contribution >= 4 is 23.9 Å². The summed E-state index contributed by atoms with van der Waals surface area (Å²) in [5.74, 6) is -0.350. The highest BCUT2D eigenvalue weighted by Crippen LogP contribution is 2.24. The fourth-order valence-electron chi connectivity index (χ4n) is 2.75. The Balaban J connectivity index is 2.04. The van der Waals surface area contributed by atoms with Crippen LogP contribution in [0.3, 0.4) is 0 Å². The molecule has 26 heavy (non-hydrogen) atoms. The van der Waals surface area contributed by atoms with Crippen molar-refractivity contribution in [1.82, 2.24) is 9.38 Å². The molecule has 0 atom stereocenters. The first-order valence-electron chi connectivity index (χ1n) is 8.13. The molecule has 5 heteroatoms. The highest BCUT2D eigenvalue weighted by molar-refractivity contribution is 5.90. The number of hydrogen-bond donors (Lipinski definition) is 0. The molecule has 0 unspecified atom stereocenters. The van der Waals surface area contributed by atoms with Gasteiger partial charge in [-0.3, -0.25) is 9.39 Å². The van der Waals surface area contributed by atoms with Crippen LogP contribution in [0.5, 0.6) is 0 Å². The van der Waals surface area contributed by atoms with E-state index in [-0.39, 0.29) is 5.97 Å². The summed E-state index contributed by atoms with van der Waals surface area (Å²) >= 11 is 0. The van der Waals surface area contributed by atoms with Crippen LogP contribution in [0, 0.1) is 0 Å². The first-order valence-corrected chi connectivity index (χ1v) is 8.13. The van der Waals surface area contributed by atoms with Gasteiger partial charge in [0.05, 0.1) is 24.6 Å². The Labute approximate surface area is 152 Å². The molecule has 0 radical (unpaired) electrons. The number of carbonyl (C=O) groups is 1. The number of fused-ring (bicyclic) bond motifs is 1. The van der Waals surface area contributed by atoms with Crippen LogP contribution in [-0.2, 0) is 4.74 Å². The van der Waals surface area contributed by atoms with Crippen LogP contribution in [-0.4, -0.2) is 29.2 Å². The molecule has 0 spiro atoms. The van der Waals surface area contributed by atoms with E-state index < -0.39 is 0 Å². The number of methoxy groups -OCH3 is 1. The van der Waals surface area contributed by atoms with Crippen molar-refractivity contribution in [1.29, 1.82) is 0 Å². The molecule has 0 N–H and O–H groups in total. The second-order valence-corrected chi connectivity index (χ2v) is 5.60. The Morgan fingerprint density at radius 3 is 2.58 bits per heavy atom. The number of benzene rings is 1. The topological polar surface area (TPSA) is 56.0 Å². The summed E-state index contributed by atoms with van der Waals surface area (Å²) in [6, 6.07) is 11.3. The third kappa shape index (κ3) is 3.32. The van der Waals surface area contributed by atoms with E-state index in [1.807, 2.05) is 60.1 Å². The van der Waals surface area contributed by atoms with E-state index in [1.54, 1.807) is 18.3 Å². The summed E-state index contributed by atoms with van der Waals surface area (Å²) in [6.07, 6.45) is 9.46. The third-order valence-corrected chi connectivity index (χ3v) is 4.11. The molecule has 0 aliphatic rings. The van der Waals surface area contributed by atoms with Crippen LogP contribution in [0.2, 0.25) is 0 Å². The first kappa shape index (κ1) is 17.4. The molecule has 2 heterocycles. The number of nitrogens with zero attached hydrogens (tertiary/aromatic N) is 3. The molecule has 3 rings (SSSR count). The minimum absolute atomic E-state index is 0.350. The Bertz CT molecular complexity index is 1010. The smallest absolute Gasteiger partial charge is 0.337 e. The molecule has 0 aliphatic carbocycles. The third-order valence-electron chi connectivity index (χ3n) is 4.11. The van der Waals surface area contributed by atoms with E-state index in [0.29, 0.717) is 5.56 Å². The molecular formula is C21H19N3O2. The summed E-state index contributed by atoms with van der Waals surface area (Å²) in [4.78, 5) is 19.8. The monoisotopic (exact) mass is 345 g/mol. The van der Waals surface area contributed by atoms with Crippen LogP contribution in [0.15, 0.2) is 72.1 Å². The van der Waals surface area contributed by atoms with Gasteiger partial charge in [-0.1, -0.05) is 18.2 Å². The number of aromatic nitrogens is 2. The maximum atomic E-state index is 11.6. The van der Waals surface area contributed by atoms with Gasteiger partial charge in [-0.2, -0.15) is 0 Å². The van der Waals surface area contributed by atoms with Crippen molar-refractivity contribution in [2.75, 3.05) is 7.11 Å². The number of rotatable bonds is 5. The van der Waals surface area contributed by atoms with E-state index in [2.05, 4.69) is 16.7 Å². The zero-order valence-corrected chi connectivity index (χ0v) is 14.7. The average Bonchev–Trinajstić information content (AvgIpc) is 3.11. The maximum Gasteiger partial charge on any atom is 0.337 e. The van der Waals surface area contributed by atoms with Gasteiger partial charge in [0.1, 0.15) is 5.65 Å². The van der Waals surface area contributed by atoms with E-state index in [9.17, 15) is 4.79 Å². The standard InChI is InChI=1S/C21H19N3O2/c1-4-15(11-12-22-2)18-9-10-20-23-13-19(24(20)14-18)16-5-7-17(8-6-16)21(25)26-3/h4-14H,2H2,1,3H3/b12-11-,15-4+. The summed E-state index contributed by atoms with van der Waals surface area (Å²) in [6.45, 7) is 5.45. The van der Waals surface area contributed by atoms with Crippen molar-refractivity contribution < 1.29 is 9.53 Å². The minimum Gasteiger partial charge on any atom is -0.465 e. The second kappa shape index (κ2) is 7.61. The average molecular weight is 345 g/mol. The van der Waals surface area contributed by atoms with E-state index in [4.69, 9.17) is 4.74 Å². The lowest BCUT2D eigenvalue weighted by atomic mass is 10.1. The van der Waals surface area contributed by atoms with Gasteiger partial charge in [0.15, 0.2) is 0 Å². The number of pyridine rings is 1. The van der Waals surface area contributed by atoms with Crippen LogP contribution in [0.25, 0.3) is 22.5 Å². The number of aliphatic imine (C=N–C) groups is 1. The van der Waals surface area contributed by atoms with E-state index >= 15 is 0 Å². The highest BCUT2D eigenvalue weighted by Gasteiger charge is 2.10. The van der Waals surface area contributed by atoms with Gasteiger partial charge in [0.2, 0.25) is 0 Å². The summed E-state index contributed by atoms with van der Waals surface area (Å²) in [7, 11) is 1.37. The van der Waals surface area contributed by atoms with Crippen molar-refractivity contribution in [3.63, 3.8) is 0 Å². The number of hydrogen-bond acceptors (Lipinski definition) is 4. The number of ether oxygens (including phenoxy) is 1. The van der Waals surface area contributed by atoms with Crippen LogP contribution < -0.4 is 0 Å². The van der Waals surface area contributed by atoms with Crippen LogP contribution in [0.4, 0.5) is 0 Å². The van der Waals surface area contributed by atoms with Gasteiger partial charge >= 0.3 is 5.97 Å². The Morgan fingerprint density at radius 1 is 1.19 bits per heavy atom. The molecule has 5 nitrogen and oxygen atoms in total. The van der Waals surface area contributed by atoms with Gasteiger partial charge < -0.3 is 4.74 Å². The summed E-state index contributed by atoms with van der Waals surface area (Å²) in [5.41, 5.74) is 5.36. The molecule has 0 bridgehead atoms. The second-order valence-electron chi connectivity index (χ2n) is 5.60. The largest absolute Gasteiger partial charge is 0.465 e. The number of imidazole rings is 1. The Morgan fingerprint density at radius 2 is 1.92 bits per heavy atom. The van der Waals surface area contributed by atoms with Crippen molar-refractivity contribution in [2.45, 2.75) is 6.92 Å². The molecule has 1 aromatic carbocycles. The molecular weight excluding hydrogens is 326 g/mol. The van der Waals surface area contributed by atoms with Crippen LogP contribution >= 0.6 is 0 Å². The van der Waals surface area contributed by atoms with Gasteiger partial charge in [-0.15, -0.1) is 0 Å². The molecule has 0 saturated heterocycles. The summed E-state index contributed by atoms with van der Waals surface area (Å²) < 4.78 is 6.77. The lowest BCUT2D eigenvalue weighted by Gasteiger charge is -2.07. The zero-order chi connectivity index (χ0) is 18.5. The molecule has 2 aromatic heterocycles. The van der Waals surface area contributed by atoms with Gasteiger partial charge in [0.25, 0.3) is 0 Å². The number of carbonyl (C=O) groups excluding carboxylic acids is 1. The maximum absolute atomic E-state index is 11.6. The minimum atomic E-state index is -0.350. The lowest BCUT2D eigenvalue weighted by Crippen LogP contribution is -2.00. The Hall–Kier alpha value is -3.47. The molecule has 0 saturated carbocycles. The predicted molar refractivity (Wildman–Crippen MR) is 104 cm³/mol. The molecule has 130 valence electrons. The molecule has 0 aliphatic heterocycles. The zero-order valence-electron chi connectivity index (χ0n) is 14.7. The fraction of sp³-hybridized carbons (Fsp3) is 0.0952. The SMILES string of the molecule is C=N/C=C\C(=C/C)c1ccc2ncc(-c3ccc(C(=O)OC)cc3)n2c1. The normalized spacial score (nSPS) is 11.8. The van der Waals surface area contributed by atoms with E-state index in [0.717, 1.165) is 28.0 Å². The van der Waals surface area contributed by atoms with Gasteiger partial charge in [-0.25, -0.2) is 9.78 Å². The molecule has 3 aromatic rings. The van der Waals surface area contributed by atoms with Gasteiger partial charge in [-0.05, 0) is 55.1 Å². The van der Waals surface area contributed by atoms with Crippen molar-refractivity contribution in [3.8, 4) is 11.3 Å².